The van der Waals surface area contributed by atoms with Crippen LogP contribution in [0.15, 0.2) is 0 Å². The third kappa shape index (κ3) is 1.15. The second-order valence-corrected chi connectivity index (χ2v) is 3.79. The van der Waals surface area contributed by atoms with Crippen molar-refractivity contribution < 1.29 is 0 Å². The molecule has 0 aromatic heterocycles. The molecule has 1 saturated carbocycles. The van der Waals surface area contributed by atoms with Crippen molar-refractivity contribution in [3.8, 4) is 0 Å². The lowest BCUT2D eigenvalue weighted by Crippen LogP contribution is -2.20. The largest absolute Gasteiger partial charge is 0.272 e. The maximum Gasteiger partial charge on any atom is 0.147 e. The quantitative estimate of drug-likeness (QED) is 0.553. The van der Waals surface area contributed by atoms with E-state index < -0.39 is 0 Å². The van der Waals surface area contributed by atoms with Gasteiger partial charge in [-0.15, -0.1) is 0 Å². The zero-order valence-electron chi connectivity index (χ0n) is 8.89. The van der Waals surface area contributed by atoms with Crippen LogP contribution in [-0.2, 0) is 0 Å². The van der Waals surface area contributed by atoms with Gasteiger partial charge in [0, 0.05) is 11.8 Å². The van der Waals surface area contributed by atoms with E-state index in [4.69, 9.17) is 0 Å². The highest BCUT2D eigenvalue weighted by Gasteiger charge is 2.54. The first-order chi connectivity index (χ1) is 6.04. The lowest BCUT2D eigenvalue weighted by molar-refractivity contribution is 0.399. The minimum atomic E-state index is 1.32. The normalized spacial score (nSPS) is 32.1. The Morgan fingerprint density at radius 3 is 1.54 bits per heavy atom. The van der Waals surface area contributed by atoms with Crippen LogP contribution in [0.4, 0.5) is 0 Å². The molecule has 0 amide bonds. The molecule has 1 saturated heterocycles. The van der Waals surface area contributed by atoms with Crippen molar-refractivity contribution in [1.82, 2.24) is 9.80 Å². The summed E-state index contributed by atoms with van der Waals surface area (Å²) in [6.07, 6.45) is 0. The maximum atomic E-state index is 3.24. The van der Waals surface area contributed by atoms with Crippen LogP contribution >= 0.6 is 0 Å². The number of rotatable bonds is 0. The Labute approximate surface area is 81.9 Å². The molecule has 1 aliphatic heterocycles. The van der Waals surface area contributed by atoms with E-state index in [-0.39, 0.29) is 0 Å². The number of hydrogen-bond acceptors (Lipinski definition) is 2. The fourth-order valence-electron chi connectivity index (χ4n) is 2.14. The molecule has 0 aromatic rings. The Bertz CT molecular complexity index is 184. The molecule has 0 bridgehead atoms. The topological polar surface area (TPSA) is 6.48 Å². The molecule has 7 radical (unpaired) electrons. The van der Waals surface area contributed by atoms with Crippen LogP contribution in [0.25, 0.3) is 0 Å². The van der Waals surface area contributed by atoms with E-state index >= 15 is 0 Å². The van der Waals surface area contributed by atoms with Gasteiger partial charge in [0.1, 0.15) is 6.67 Å². The molecule has 13 heavy (non-hydrogen) atoms. The summed E-state index contributed by atoms with van der Waals surface area (Å²) in [4.78, 5) is 4.15. The molecular weight excluding hydrogens is 160 g/mol. The van der Waals surface area contributed by atoms with Crippen molar-refractivity contribution >= 4 is 0 Å². The van der Waals surface area contributed by atoms with Crippen LogP contribution in [0.5, 0.6) is 0 Å². The number of fused-ring (bicyclic) bond motifs is 1. The minimum Gasteiger partial charge on any atom is -0.272 e. The summed E-state index contributed by atoms with van der Waals surface area (Å²) in [6.45, 7) is 9.78. The van der Waals surface area contributed by atoms with Gasteiger partial charge in [0.15, 0.2) is 0 Å². The van der Waals surface area contributed by atoms with Gasteiger partial charge in [-0.25, -0.2) is 0 Å². The van der Waals surface area contributed by atoms with Crippen LogP contribution in [0, 0.1) is 36.5 Å². The predicted molar refractivity (Wildman–Crippen MR) is 52.0 cm³/mol. The summed E-state index contributed by atoms with van der Waals surface area (Å²) in [6, 6.07) is 2.63. The van der Waals surface area contributed by atoms with E-state index in [1.54, 1.807) is 0 Å². The van der Waals surface area contributed by atoms with Crippen LogP contribution in [0.3, 0.4) is 0 Å². The van der Waals surface area contributed by atoms with Gasteiger partial charge in [0.05, 0.1) is 12.1 Å². The Hall–Kier alpha value is -0.0800. The fraction of sp³-hybridized carbons (Fsp3) is 0.455. The van der Waals surface area contributed by atoms with E-state index in [2.05, 4.69) is 37.2 Å². The van der Waals surface area contributed by atoms with Crippen molar-refractivity contribution in [3.63, 3.8) is 0 Å². The predicted octanol–water partition coefficient (Wildman–Crippen LogP) is 1.72. The van der Waals surface area contributed by atoms with Gasteiger partial charge in [0.25, 0.3) is 0 Å². The summed E-state index contributed by atoms with van der Waals surface area (Å²) in [5.41, 5.74) is 0. The van der Waals surface area contributed by atoms with Gasteiger partial charge < -0.3 is 0 Å². The zero-order chi connectivity index (χ0) is 9.75. The molecule has 2 nitrogen and oxygen atoms in total. The molecule has 0 spiro atoms. The van der Waals surface area contributed by atoms with Crippen molar-refractivity contribution in [1.29, 1.82) is 0 Å². The molecule has 69 valence electrons. The first-order valence-corrected chi connectivity index (χ1v) is 4.54. The van der Waals surface area contributed by atoms with Crippen molar-refractivity contribution in [2.75, 3.05) is 14.1 Å². The van der Waals surface area contributed by atoms with Crippen molar-refractivity contribution in [2.45, 2.75) is 20.8 Å². The Morgan fingerprint density at radius 1 is 0.769 bits per heavy atom. The fourth-order valence-corrected chi connectivity index (χ4v) is 2.14. The third-order valence-electron chi connectivity index (χ3n) is 3.03. The van der Waals surface area contributed by atoms with Gasteiger partial charge in [-0.1, -0.05) is 20.8 Å². The van der Waals surface area contributed by atoms with Gasteiger partial charge in [0.2, 0.25) is 0 Å². The Morgan fingerprint density at radius 2 is 1.15 bits per heavy atom. The van der Waals surface area contributed by atoms with Crippen LogP contribution in [0.2, 0.25) is 0 Å². The maximum absolute atomic E-state index is 3.24. The van der Waals surface area contributed by atoms with Crippen LogP contribution in [-0.4, -0.2) is 23.9 Å². The lowest BCUT2D eigenvalue weighted by Gasteiger charge is -2.21. The molecule has 0 aromatic carbocycles. The Balaban J connectivity index is 2.25. The molecule has 2 rings (SSSR count). The molecule has 0 unspecified atom stereocenters. The van der Waals surface area contributed by atoms with E-state index in [1.807, 2.05) is 14.1 Å². The summed E-state index contributed by atoms with van der Waals surface area (Å²) in [7, 11) is 4.10. The molecule has 2 fully saturated rings. The van der Waals surface area contributed by atoms with Crippen LogP contribution in [0.1, 0.15) is 20.8 Å². The van der Waals surface area contributed by atoms with E-state index in [0.29, 0.717) is 0 Å². The molecule has 2 aliphatic rings. The van der Waals surface area contributed by atoms with E-state index in [0.717, 1.165) is 0 Å². The van der Waals surface area contributed by atoms with Gasteiger partial charge in [-0.2, -0.15) is 0 Å². The summed E-state index contributed by atoms with van der Waals surface area (Å²) in [5.74, 6) is 4.17. The first kappa shape index (κ1) is 9.47. The molecule has 1 heterocycles. The molecule has 0 N–H and O–H groups in total. The van der Waals surface area contributed by atoms with E-state index in [9.17, 15) is 0 Å². The average Bonchev–Trinajstić information content (AvgIpc) is 2.47. The van der Waals surface area contributed by atoms with Crippen LogP contribution < -0.4 is 0 Å². The lowest BCUT2D eigenvalue weighted by atomic mass is 9.92. The van der Waals surface area contributed by atoms with Crippen molar-refractivity contribution in [2.24, 2.45) is 0 Å². The standard InChI is InChI=1S/C11H15N2/c1-7-8(2)10-11(9(7)3)13(5)6-12(10)4/h1-5H3. The van der Waals surface area contributed by atoms with Crippen molar-refractivity contribution in [3.05, 3.63) is 36.5 Å². The smallest absolute Gasteiger partial charge is 0.147 e. The second kappa shape index (κ2) is 2.96. The average molecular weight is 175 g/mol. The van der Waals surface area contributed by atoms with Gasteiger partial charge >= 0.3 is 0 Å². The number of nitrogens with zero attached hydrogens (tertiary/aromatic N) is 2. The zero-order valence-corrected chi connectivity index (χ0v) is 8.89. The number of hydrogen-bond donors (Lipinski definition) is 0. The number of likely N-dealkylation sites (N-methyl/N-ethyl adjacent to an activating group) is 2. The highest BCUT2D eigenvalue weighted by molar-refractivity contribution is 5.60. The summed E-state index contributed by atoms with van der Waals surface area (Å²) in [5, 5.41) is 0. The third-order valence-corrected chi connectivity index (χ3v) is 3.03. The molecular formula is C11H15N2. The van der Waals surface area contributed by atoms with Gasteiger partial charge in [-0.05, 0) is 20.0 Å². The minimum absolute atomic E-state index is 1.32. The SMILES string of the molecule is C[C]1[C](C)[C]2[C]([C]1C)N(C)[C]N2C. The molecule has 1 aliphatic carbocycles. The molecule has 2 heteroatoms. The second-order valence-electron chi connectivity index (χ2n) is 3.79. The first-order valence-electron chi connectivity index (χ1n) is 4.54. The highest BCUT2D eigenvalue weighted by Crippen LogP contribution is 2.57. The molecule has 0 atom stereocenters. The summed E-state index contributed by atoms with van der Waals surface area (Å²) < 4.78 is 0. The van der Waals surface area contributed by atoms with Gasteiger partial charge in [-0.3, -0.25) is 9.80 Å². The summed E-state index contributed by atoms with van der Waals surface area (Å²) >= 11 is 0. The monoisotopic (exact) mass is 175 g/mol. The van der Waals surface area contributed by atoms with E-state index in [1.165, 1.54) is 29.8 Å². The highest BCUT2D eigenvalue weighted by atomic mass is 15.4. The Kier molecular flexibility index (Phi) is 2.16.